The summed E-state index contributed by atoms with van der Waals surface area (Å²) in [5.74, 6) is -0.495. The molecule has 0 aliphatic heterocycles. The minimum absolute atomic E-state index is 0.0882. The normalized spacial score (nSPS) is 11.8. The summed E-state index contributed by atoms with van der Waals surface area (Å²) in [6.07, 6.45) is 29.7. The highest BCUT2D eigenvalue weighted by atomic mass is 16.6. The second-order valence-electron chi connectivity index (χ2n) is 12.7. The first-order valence-electron chi connectivity index (χ1n) is 17.8. The lowest BCUT2D eigenvalue weighted by Gasteiger charge is -2.27. The van der Waals surface area contributed by atoms with E-state index in [9.17, 15) is 14.4 Å². The zero-order valence-electron chi connectivity index (χ0n) is 29.2. The highest BCUT2D eigenvalue weighted by Gasteiger charge is 2.22. The average molecular weight is 622 g/mol. The molecule has 0 aromatic heterocycles. The van der Waals surface area contributed by atoms with E-state index in [0.717, 1.165) is 51.4 Å². The molecule has 44 heavy (non-hydrogen) atoms. The predicted octanol–water partition coefficient (Wildman–Crippen LogP) is 10.3. The Morgan fingerprint density at radius 3 is 1.30 bits per heavy atom. The van der Waals surface area contributed by atoms with Crippen LogP contribution >= 0.6 is 0 Å². The fourth-order valence-corrected chi connectivity index (χ4v) is 4.54. The van der Waals surface area contributed by atoms with Crippen LogP contribution < -0.4 is 0 Å². The zero-order chi connectivity index (χ0) is 32.7. The van der Waals surface area contributed by atoms with Crippen molar-refractivity contribution in [3.63, 3.8) is 0 Å². The molecule has 0 bridgehead atoms. The van der Waals surface area contributed by atoms with Crippen LogP contribution in [0, 0.1) is 0 Å². The number of ether oxygens (including phenoxy) is 3. The van der Waals surface area contributed by atoms with Gasteiger partial charge in [0, 0.05) is 12.8 Å². The van der Waals surface area contributed by atoms with Crippen LogP contribution in [0.5, 0.6) is 0 Å². The Morgan fingerprint density at radius 1 is 0.545 bits per heavy atom. The number of rotatable bonds is 28. The van der Waals surface area contributed by atoms with Gasteiger partial charge in [-0.05, 0) is 72.1 Å². The fraction of sp³-hybridized carbons (Fsp3) is 0.811. The van der Waals surface area contributed by atoms with Crippen molar-refractivity contribution in [2.75, 3.05) is 26.3 Å². The molecule has 0 saturated carbocycles. The van der Waals surface area contributed by atoms with Gasteiger partial charge in [0.25, 0.3) is 0 Å². The van der Waals surface area contributed by atoms with Gasteiger partial charge in [0.05, 0.1) is 13.1 Å². The highest BCUT2D eigenvalue weighted by Crippen LogP contribution is 2.12. The molecule has 0 atom stereocenters. The molecular formula is C37H67NO6. The molecule has 0 heterocycles. The Balaban J connectivity index is 4.13. The van der Waals surface area contributed by atoms with Gasteiger partial charge in [-0.1, -0.05) is 102 Å². The van der Waals surface area contributed by atoms with Crippen LogP contribution in [0.2, 0.25) is 0 Å². The molecule has 0 spiro atoms. The quantitative estimate of drug-likeness (QED) is 0.0374. The average Bonchev–Trinajstić information content (AvgIpc) is 2.97. The maximum atomic E-state index is 12.7. The molecule has 7 nitrogen and oxygen atoms in total. The Bertz CT molecular complexity index is 720. The smallest absolute Gasteiger partial charge is 0.410 e. The zero-order valence-corrected chi connectivity index (χ0v) is 29.2. The van der Waals surface area contributed by atoms with Gasteiger partial charge in [0.1, 0.15) is 18.8 Å². The number of unbranched alkanes of at least 4 members (excludes halogenated alkanes) is 14. The molecule has 0 aromatic rings. The third-order valence-electron chi connectivity index (χ3n) is 7.19. The lowest BCUT2D eigenvalue weighted by Crippen LogP contribution is -2.41. The molecule has 0 aromatic carbocycles. The molecular weight excluding hydrogens is 554 g/mol. The van der Waals surface area contributed by atoms with Crippen LogP contribution in [0.15, 0.2) is 24.3 Å². The van der Waals surface area contributed by atoms with Crippen molar-refractivity contribution >= 4 is 18.0 Å². The Morgan fingerprint density at radius 2 is 0.909 bits per heavy atom. The van der Waals surface area contributed by atoms with Crippen molar-refractivity contribution in [1.29, 1.82) is 0 Å². The number of amides is 1. The van der Waals surface area contributed by atoms with Crippen LogP contribution in [0.25, 0.3) is 0 Å². The Hall–Kier alpha value is -2.31. The highest BCUT2D eigenvalue weighted by molar-refractivity contribution is 5.70. The molecule has 0 aliphatic rings. The molecule has 0 saturated heterocycles. The third kappa shape index (κ3) is 29.7. The fourth-order valence-electron chi connectivity index (χ4n) is 4.54. The SMILES string of the molecule is CCCC/C=C\CCCCCCCC(=O)OCCN(CCOC(=O)CCCCCCC/C=C\CCCC)C(=O)OC(C)(C)C. The van der Waals surface area contributed by atoms with Crippen molar-refractivity contribution in [2.45, 2.75) is 169 Å². The summed E-state index contributed by atoms with van der Waals surface area (Å²) in [4.78, 5) is 38.5. The summed E-state index contributed by atoms with van der Waals surface area (Å²) in [7, 11) is 0. The van der Waals surface area contributed by atoms with E-state index in [1.165, 1.54) is 69.1 Å². The number of allylic oxidation sites excluding steroid dienone is 4. The van der Waals surface area contributed by atoms with Crippen LogP contribution in [0.1, 0.15) is 163 Å². The van der Waals surface area contributed by atoms with Crippen molar-refractivity contribution < 1.29 is 28.6 Å². The second-order valence-corrected chi connectivity index (χ2v) is 12.7. The number of hydrogen-bond acceptors (Lipinski definition) is 6. The van der Waals surface area contributed by atoms with Gasteiger partial charge in [0.15, 0.2) is 0 Å². The first-order valence-corrected chi connectivity index (χ1v) is 17.8. The Labute approximate surface area is 270 Å². The summed E-state index contributed by atoms with van der Waals surface area (Å²) >= 11 is 0. The van der Waals surface area contributed by atoms with E-state index in [2.05, 4.69) is 38.2 Å². The minimum atomic E-state index is -0.653. The van der Waals surface area contributed by atoms with E-state index in [-0.39, 0.29) is 38.2 Å². The van der Waals surface area contributed by atoms with Crippen molar-refractivity contribution in [3.05, 3.63) is 24.3 Å². The summed E-state index contributed by atoms with van der Waals surface area (Å²) in [6, 6.07) is 0. The predicted molar refractivity (Wildman–Crippen MR) is 182 cm³/mol. The topological polar surface area (TPSA) is 82.1 Å². The van der Waals surface area contributed by atoms with Crippen molar-refractivity contribution in [3.8, 4) is 0 Å². The summed E-state index contributed by atoms with van der Waals surface area (Å²) in [5, 5.41) is 0. The first-order chi connectivity index (χ1) is 21.2. The maximum Gasteiger partial charge on any atom is 0.410 e. The largest absolute Gasteiger partial charge is 0.464 e. The van der Waals surface area contributed by atoms with Gasteiger partial charge in [-0.15, -0.1) is 0 Å². The maximum absolute atomic E-state index is 12.7. The van der Waals surface area contributed by atoms with Crippen molar-refractivity contribution in [2.24, 2.45) is 0 Å². The molecule has 256 valence electrons. The number of esters is 2. The van der Waals surface area contributed by atoms with Crippen LogP contribution in [0.4, 0.5) is 4.79 Å². The van der Waals surface area contributed by atoms with Gasteiger partial charge in [-0.25, -0.2) is 4.79 Å². The summed E-state index contributed by atoms with van der Waals surface area (Å²) in [6.45, 7) is 10.4. The molecule has 0 rings (SSSR count). The van der Waals surface area contributed by atoms with Gasteiger partial charge in [0.2, 0.25) is 0 Å². The van der Waals surface area contributed by atoms with E-state index in [0.29, 0.717) is 12.8 Å². The first kappa shape index (κ1) is 41.7. The lowest BCUT2D eigenvalue weighted by atomic mass is 10.1. The minimum Gasteiger partial charge on any atom is -0.464 e. The monoisotopic (exact) mass is 621 g/mol. The number of nitrogens with zero attached hydrogens (tertiary/aromatic N) is 1. The van der Waals surface area contributed by atoms with Gasteiger partial charge >= 0.3 is 18.0 Å². The van der Waals surface area contributed by atoms with E-state index in [1.807, 2.05) is 0 Å². The van der Waals surface area contributed by atoms with Gasteiger partial charge in [-0.2, -0.15) is 0 Å². The summed E-state index contributed by atoms with van der Waals surface area (Å²) < 4.78 is 16.3. The summed E-state index contributed by atoms with van der Waals surface area (Å²) in [5.41, 5.74) is -0.653. The van der Waals surface area contributed by atoms with Crippen LogP contribution in [-0.4, -0.2) is 54.8 Å². The molecule has 1 amide bonds. The third-order valence-corrected chi connectivity index (χ3v) is 7.19. The van der Waals surface area contributed by atoms with E-state index >= 15 is 0 Å². The molecule has 0 unspecified atom stereocenters. The lowest BCUT2D eigenvalue weighted by molar-refractivity contribution is -0.144. The molecule has 7 heteroatoms. The van der Waals surface area contributed by atoms with Crippen molar-refractivity contribution in [1.82, 2.24) is 4.90 Å². The van der Waals surface area contributed by atoms with E-state index in [4.69, 9.17) is 14.2 Å². The molecule has 0 fully saturated rings. The van der Waals surface area contributed by atoms with E-state index < -0.39 is 11.7 Å². The molecule has 0 aliphatic carbocycles. The van der Waals surface area contributed by atoms with Crippen LogP contribution in [0.3, 0.4) is 0 Å². The number of hydrogen-bond donors (Lipinski definition) is 0. The second kappa shape index (κ2) is 29.4. The Kier molecular flexibility index (Phi) is 27.9. The molecule has 0 radical (unpaired) electrons. The van der Waals surface area contributed by atoms with Gasteiger partial charge < -0.3 is 19.1 Å². The van der Waals surface area contributed by atoms with Gasteiger partial charge in [-0.3, -0.25) is 9.59 Å². The molecule has 0 N–H and O–H groups in total. The van der Waals surface area contributed by atoms with Crippen LogP contribution in [-0.2, 0) is 23.8 Å². The number of carbonyl (C=O) groups excluding carboxylic acids is 3. The van der Waals surface area contributed by atoms with E-state index in [1.54, 1.807) is 20.8 Å². The standard InChI is InChI=1S/C37H67NO6/c1-6-8-10-12-14-16-18-20-22-24-26-28-34(39)42-32-30-38(36(41)44-37(3,4)5)31-33-43-35(40)29-27-25-23-21-19-17-15-13-11-9-7-2/h12-15H,6-11,16-33H2,1-5H3/b14-12-,15-13-. The number of carbonyl (C=O) groups is 3.